The fourth-order valence-electron chi connectivity index (χ4n) is 3.03. The van der Waals surface area contributed by atoms with Crippen LogP contribution in [-0.4, -0.2) is 46.7 Å². The van der Waals surface area contributed by atoms with E-state index < -0.39 is 0 Å². The summed E-state index contributed by atoms with van der Waals surface area (Å²) in [5.41, 5.74) is 0.608. The summed E-state index contributed by atoms with van der Waals surface area (Å²) in [7, 11) is 1.86. The molecule has 2 aromatic heterocycles. The molecule has 0 aliphatic carbocycles. The van der Waals surface area contributed by atoms with Gasteiger partial charge in [-0.25, -0.2) is 0 Å². The number of pyridine rings is 1. The van der Waals surface area contributed by atoms with Gasteiger partial charge in [-0.1, -0.05) is 6.07 Å². The predicted molar refractivity (Wildman–Crippen MR) is 93.7 cm³/mol. The average Bonchev–Trinajstić information content (AvgIpc) is 3.14. The van der Waals surface area contributed by atoms with E-state index in [0.717, 1.165) is 12.8 Å². The van der Waals surface area contributed by atoms with Gasteiger partial charge in [0, 0.05) is 43.3 Å². The Labute approximate surface area is 145 Å². The van der Waals surface area contributed by atoms with Gasteiger partial charge in [0.25, 0.3) is 5.91 Å². The average molecular weight is 343 g/mol. The fourth-order valence-corrected chi connectivity index (χ4v) is 3.78. The molecule has 0 radical (unpaired) electrons. The maximum atomic E-state index is 12.6. The third-order valence-electron chi connectivity index (χ3n) is 4.39. The molecular formula is C18H21N3O2S. The van der Waals surface area contributed by atoms with Crippen LogP contribution >= 0.6 is 11.3 Å². The molecule has 2 amide bonds. The number of rotatable bonds is 4. The highest BCUT2D eigenvalue weighted by Crippen LogP contribution is 2.22. The van der Waals surface area contributed by atoms with Crippen molar-refractivity contribution in [2.24, 2.45) is 5.92 Å². The highest BCUT2D eigenvalue weighted by molar-refractivity contribution is 7.09. The summed E-state index contributed by atoms with van der Waals surface area (Å²) in [6.07, 6.45) is 4.69. The zero-order valence-corrected chi connectivity index (χ0v) is 14.5. The Balaban J connectivity index is 1.53. The molecule has 0 atom stereocenters. The number of hydrogen-bond acceptors (Lipinski definition) is 4. The second-order valence-electron chi connectivity index (χ2n) is 6.08. The minimum atomic E-state index is 0.000870. The number of hydrogen-bond donors (Lipinski definition) is 0. The summed E-state index contributed by atoms with van der Waals surface area (Å²) in [6, 6.07) is 7.59. The van der Waals surface area contributed by atoms with Crippen LogP contribution in [0.15, 0.2) is 42.0 Å². The maximum absolute atomic E-state index is 12.6. The standard InChI is InChI=1S/C18H21N3O2S/c1-20(13-16-5-3-11-24-16)17(22)14-6-9-21(10-7-14)18(23)15-4-2-8-19-12-15/h2-5,8,11-12,14H,6-7,9-10,13H2,1H3. The maximum Gasteiger partial charge on any atom is 0.255 e. The van der Waals surface area contributed by atoms with Crippen LogP contribution in [0.2, 0.25) is 0 Å². The lowest BCUT2D eigenvalue weighted by atomic mass is 9.95. The van der Waals surface area contributed by atoms with Crippen LogP contribution in [-0.2, 0) is 11.3 Å². The summed E-state index contributed by atoms with van der Waals surface area (Å²) in [5, 5.41) is 2.02. The van der Waals surface area contributed by atoms with Crippen LogP contribution in [0.1, 0.15) is 28.1 Å². The van der Waals surface area contributed by atoms with Crippen molar-refractivity contribution in [1.82, 2.24) is 14.8 Å². The SMILES string of the molecule is CN(Cc1cccs1)C(=O)C1CCN(C(=O)c2cccnc2)CC1. The molecular weight excluding hydrogens is 322 g/mol. The van der Waals surface area contributed by atoms with E-state index in [0.29, 0.717) is 25.2 Å². The Morgan fingerprint density at radius 1 is 1.29 bits per heavy atom. The number of carbonyl (C=O) groups is 2. The van der Waals surface area contributed by atoms with E-state index in [-0.39, 0.29) is 17.7 Å². The molecule has 0 spiro atoms. The van der Waals surface area contributed by atoms with Crippen LogP contribution < -0.4 is 0 Å². The Bertz CT molecular complexity index is 680. The van der Waals surface area contributed by atoms with Crippen LogP contribution in [0.5, 0.6) is 0 Å². The fraction of sp³-hybridized carbons (Fsp3) is 0.389. The van der Waals surface area contributed by atoms with Gasteiger partial charge >= 0.3 is 0 Å². The van der Waals surface area contributed by atoms with Gasteiger partial charge in [0.05, 0.1) is 12.1 Å². The lowest BCUT2D eigenvalue weighted by Gasteiger charge is -2.33. The molecule has 1 saturated heterocycles. The van der Waals surface area contributed by atoms with Crippen molar-refractivity contribution in [3.63, 3.8) is 0 Å². The van der Waals surface area contributed by atoms with Crippen LogP contribution in [0.3, 0.4) is 0 Å². The minimum absolute atomic E-state index is 0.000870. The van der Waals surface area contributed by atoms with Crippen molar-refractivity contribution in [2.45, 2.75) is 19.4 Å². The third-order valence-corrected chi connectivity index (χ3v) is 5.25. The van der Waals surface area contributed by atoms with Crippen molar-refractivity contribution in [2.75, 3.05) is 20.1 Å². The lowest BCUT2D eigenvalue weighted by molar-refractivity contribution is -0.136. The number of likely N-dealkylation sites (tertiary alicyclic amines) is 1. The van der Waals surface area contributed by atoms with E-state index >= 15 is 0 Å². The molecule has 3 rings (SSSR count). The molecule has 1 fully saturated rings. The van der Waals surface area contributed by atoms with Gasteiger partial charge in [-0.15, -0.1) is 11.3 Å². The van der Waals surface area contributed by atoms with Gasteiger partial charge in [-0.3, -0.25) is 14.6 Å². The topological polar surface area (TPSA) is 53.5 Å². The highest BCUT2D eigenvalue weighted by atomic mass is 32.1. The number of aromatic nitrogens is 1. The Hall–Kier alpha value is -2.21. The molecule has 0 N–H and O–H groups in total. The Kier molecular flexibility index (Phi) is 5.25. The largest absolute Gasteiger partial charge is 0.340 e. The first-order valence-electron chi connectivity index (χ1n) is 8.12. The van der Waals surface area contributed by atoms with Crippen molar-refractivity contribution < 1.29 is 9.59 Å². The zero-order chi connectivity index (χ0) is 16.9. The molecule has 0 aromatic carbocycles. The molecule has 126 valence electrons. The van der Waals surface area contributed by atoms with Crippen LogP contribution in [0, 0.1) is 5.92 Å². The number of carbonyl (C=O) groups excluding carboxylic acids is 2. The number of nitrogens with zero attached hydrogens (tertiary/aromatic N) is 3. The van der Waals surface area contributed by atoms with Gasteiger partial charge in [0.1, 0.15) is 0 Å². The quantitative estimate of drug-likeness (QED) is 0.857. The summed E-state index contributed by atoms with van der Waals surface area (Å²) in [5.74, 6) is 0.186. The smallest absolute Gasteiger partial charge is 0.255 e. The first-order chi connectivity index (χ1) is 11.6. The van der Waals surface area contributed by atoms with Gasteiger partial charge in [-0.05, 0) is 36.4 Å². The zero-order valence-electron chi connectivity index (χ0n) is 13.7. The molecule has 2 aromatic rings. The molecule has 1 aliphatic heterocycles. The molecule has 24 heavy (non-hydrogen) atoms. The van der Waals surface area contributed by atoms with Crippen LogP contribution in [0.25, 0.3) is 0 Å². The molecule has 0 bridgehead atoms. The van der Waals surface area contributed by atoms with E-state index in [4.69, 9.17) is 0 Å². The van der Waals surface area contributed by atoms with Gasteiger partial charge in [0.2, 0.25) is 5.91 Å². The van der Waals surface area contributed by atoms with Gasteiger partial charge < -0.3 is 9.80 Å². The van der Waals surface area contributed by atoms with Crippen LogP contribution in [0.4, 0.5) is 0 Å². The van der Waals surface area contributed by atoms with Gasteiger partial charge in [-0.2, -0.15) is 0 Å². The molecule has 1 aliphatic rings. The molecule has 0 saturated carbocycles. The Morgan fingerprint density at radius 3 is 2.71 bits per heavy atom. The summed E-state index contributed by atoms with van der Waals surface area (Å²) >= 11 is 1.66. The van der Waals surface area contributed by atoms with E-state index in [1.54, 1.807) is 40.8 Å². The van der Waals surface area contributed by atoms with Gasteiger partial charge in [0.15, 0.2) is 0 Å². The first-order valence-corrected chi connectivity index (χ1v) is 9.00. The second-order valence-corrected chi connectivity index (χ2v) is 7.11. The number of thiophene rings is 1. The van der Waals surface area contributed by atoms with E-state index in [1.165, 1.54) is 4.88 Å². The van der Waals surface area contributed by atoms with E-state index in [1.807, 2.05) is 29.5 Å². The molecule has 0 unspecified atom stereocenters. The summed E-state index contributed by atoms with van der Waals surface area (Å²) in [6.45, 7) is 1.90. The van der Waals surface area contributed by atoms with E-state index in [9.17, 15) is 9.59 Å². The normalized spacial score (nSPS) is 15.3. The first kappa shape index (κ1) is 16.6. The van der Waals surface area contributed by atoms with Crippen molar-refractivity contribution >= 4 is 23.2 Å². The number of amides is 2. The Morgan fingerprint density at radius 2 is 2.08 bits per heavy atom. The molecule has 5 nitrogen and oxygen atoms in total. The summed E-state index contributed by atoms with van der Waals surface area (Å²) in [4.78, 5) is 33.8. The van der Waals surface area contributed by atoms with Crippen molar-refractivity contribution in [3.8, 4) is 0 Å². The number of piperidine rings is 1. The predicted octanol–water partition coefficient (Wildman–Crippen LogP) is 2.65. The van der Waals surface area contributed by atoms with E-state index in [2.05, 4.69) is 4.98 Å². The third kappa shape index (κ3) is 3.82. The minimum Gasteiger partial charge on any atom is -0.340 e. The second kappa shape index (κ2) is 7.57. The summed E-state index contributed by atoms with van der Waals surface area (Å²) < 4.78 is 0. The highest BCUT2D eigenvalue weighted by Gasteiger charge is 2.29. The van der Waals surface area contributed by atoms with Crippen molar-refractivity contribution in [3.05, 3.63) is 52.5 Å². The molecule has 3 heterocycles. The monoisotopic (exact) mass is 343 g/mol. The lowest BCUT2D eigenvalue weighted by Crippen LogP contribution is -2.43. The molecule has 6 heteroatoms. The van der Waals surface area contributed by atoms with Crippen molar-refractivity contribution in [1.29, 1.82) is 0 Å².